The van der Waals surface area contributed by atoms with Crippen molar-refractivity contribution >= 4 is 5.91 Å². The molecular formula is C20H21NO5. The van der Waals surface area contributed by atoms with Crippen LogP contribution in [0.15, 0.2) is 48.5 Å². The molecule has 2 aromatic carbocycles. The Kier molecular flexibility index (Phi) is 4.30. The number of hydrogen-bond acceptors (Lipinski definition) is 5. The smallest absolute Gasteiger partial charge is 0.257 e. The molecule has 0 unspecified atom stereocenters. The highest BCUT2D eigenvalue weighted by molar-refractivity contribution is 5.98. The van der Waals surface area contributed by atoms with Gasteiger partial charge >= 0.3 is 0 Å². The molecule has 2 heterocycles. The fraction of sp³-hybridized carbons (Fsp3) is 0.350. The quantitative estimate of drug-likeness (QED) is 0.855. The molecule has 2 aliphatic rings. The van der Waals surface area contributed by atoms with Gasteiger partial charge in [0.1, 0.15) is 24.9 Å². The van der Waals surface area contributed by atoms with E-state index in [1.54, 1.807) is 35.2 Å². The highest BCUT2D eigenvalue weighted by Gasteiger charge is 2.43. The monoisotopic (exact) mass is 355 g/mol. The Balaban J connectivity index is 1.55. The summed E-state index contributed by atoms with van der Waals surface area (Å²) in [7, 11) is 0. The fourth-order valence-corrected chi connectivity index (χ4v) is 3.58. The number of aliphatic hydroxyl groups is 2. The van der Waals surface area contributed by atoms with Gasteiger partial charge in [0, 0.05) is 13.0 Å². The topological polar surface area (TPSA) is 79.2 Å². The predicted molar refractivity (Wildman–Crippen MR) is 94.3 cm³/mol. The predicted octanol–water partition coefficient (Wildman–Crippen LogP) is 1.55. The van der Waals surface area contributed by atoms with Crippen LogP contribution in [0, 0.1) is 0 Å². The first-order valence-corrected chi connectivity index (χ1v) is 8.73. The number of para-hydroxylation sites is 1. The van der Waals surface area contributed by atoms with Crippen LogP contribution in [0.4, 0.5) is 0 Å². The van der Waals surface area contributed by atoms with E-state index in [2.05, 4.69) is 0 Å². The second-order valence-corrected chi connectivity index (χ2v) is 6.64. The molecule has 0 spiro atoms. The number of nitrogens with zero attached hydrogens (tertiary/aromatic N) is 1. The number of carbonyl (C=O) groups excluding carboxylic acids is 1. The van der Waals surface area contributed by atoms with Crippen LogP contribution in [-0.4, -0.2) is 53.4 Å². The maximum Gasteiger partial charge on any atom is 0.257 e. The number of likely N-dealkylation sites (tertiary alicyclic amines) is 1. The van der Waals surface area contributed by atoms with E-state index in [0.717, 1.165) is 0 Å². The van der Waals surface area contributed by atoms with Crippen LogP contribution >= 0.6 is 0 Å². The Morgan fingerprint density at radius 3 is 2.62 bits per heavy atom. The number of β-amino-alcohol motifs (C(OH)–C–C–N with tert-alkyl or cyclic N) is 1. The van der Waals surface area contributed by atoms with E-state index < -0.39 is 11.7 Å². The van der Waals surface area contributed by atoms with Gasteiger partial charge in [0.25, 0.3) is 5.91 Å². The Labute approximate surface area is 151 Å². The fourth-order valence-electron chi connectivity index (χ4n) is 3.58. The van der Waals surface area contributed by atoms with E-state index in [0.29, 0.717) is 42.4 Å². The number of amides is 1. The van der Waals surface area contributed by atoms with Gasteiger partial charge in [0.15, 0.2) is 11.5 Å². The SMILES string of the molecule is O=C(c1cccc2c1OCCO2)N1CC[C@](O)(c2ccccc2)[C@@H](O)C1. The first-order chi connectivity index (χ1) is 12.6. The summed E-state index contributed by atoms with van der Waals surface area (Å²) in [4.78, 5) is 14.5. The summed E-state index contributed by atoms with van der Waals surface area (Å²) in [5, 5.41) is 21.5. The average Bonchev–Trinajstić information content (AvgIpc) is 2.70. The normalized spacial score (nSPS) is 25.0. The van der Waals surface area contributed by atoms with E-state index in [9.17, 15) is 15.0 Å². The van der Waals surface area contributed by atoms with Crippen LogP contribution in [-0.2, 0) is 5.60 Å². The lowest BCUT2D eigenvalue weighted by atomic mass is 9.82. The maximum absolute atomic E-state index is 13.0. The van der Waals surface area contributed by atoms with E-state index in [1.807, 2.05) is 18.2 Å². The number of carbonyl (C=O) groups is 1. The van der Waals surface area contributed by atoms with Crippen molar-refractivity contribution in [3.8, 4) is 11.5 Å². The highest BCUT2D eigenvalue weighted by atomic mass is 16.6. The molecule has 2 atom stereocenters. The van der Waals surface area contributed by atoms with Gasteiger partial charge in [-0.15, -0.1) is 0 Å². The third-order valence-corrected chi connectivity index (χ3v) is 5.06. The highest BCUT2D eigenvalue weighted by Crippen LogP contribution is 2.37. The standard InChI is InChI=1S/C20H21NO5/c22-17-13-21(10-9-20(17,24)14-5-2-1-3-6-14)19(23)15-7-4-8-16-18(15)26-12-11-25-16/h1-8,17,22,24H,9-13H2/t17-,20-/m0/s1. The van der Waals surface area contributed by atoms with Gasteiger partial charge < -0.3 is 24.6 Å². The third-order valence-electron chi connectivity index (χ3n) is 5.06. The zero-order valence-electron chi connectivity index (χ0n) is 14.3. The minimum absolute atomic E-state index is 0.0503. The minimum atomic E-state index is -1.35. The zero-order chi connectivity index (χ0) is 18.1. The summed E-state index contributed by atoms with van der Waals surface area (Å²) in [6, 6.07) is 14.3. The second kappa shape index (κ2) is 6.63. The van der Waals surface area contributed by atoms with Crippen molar-refractivity contribution in [3.63, 3.8) is 0 Å². The third kappa shape index (κ3) is 2.81. The number of benzene rings is 2. The number of rotatable bonds is 2. The van der Waals surface area contributed by atoms with Gasteiger partial charge in [0.05, 0.1) is 12.1 Å². The minimum Gasteiger partial charge on any atom is -0.486 e. The zero-order valence-corrected chi connectivity index (χ0v) is 14.3. The molecule has 2 aromatic rings. The van der Waals surface area contributed by atoms with E-state index in [1.165, 1.54) is 0 Å². The Hall–Kier alpha value is -2.57. The Morgan fingerprint density at radius 2 is 1.85 bits per heavy atom. The van der Waals surface area contributed by atoms with Crippen molar-refractivity contribution in [3.05, 3.63) is 59.7 Å². The van der Waals surface area contributed by atoms with Gasteiger partial charge in [-0.1, -0.05) is 36.4 Å². The lowest BCUT2D eigenvalue weighted by molar-refractivity contribution is -0.118. The van der Waals surface area contributed by atoms with Crippen molar-refractivity contribution in [1.82, 2.24) is 4.90 Å². The van der Waals surface area contributed by atoms with Crippen LogP contribution in [0.2, 0.25) is 0 Å². The van der Waals surface area contributed by atoms with Crippen molar-refractivity contribution in [2.75, 3.05) is 26.3 Å². The van der Waals surface area contributed by atoms with Crippen LogP contribution in [0.25, 0.3) is 0 Å². The van der Waals surface area contributed by atoms with Gasteiger partial charge in [-0.3, -0.25) is 4.79 Å². The Morgan fingerprint density at radius 1 is 1.08 bits per heavy atom. The molecule has 2 aliphatic heterocycles. The maximum atomic E-state index is 13.0. The molecule has 6 heteroatoms. The molecule has 0 aromatic heterocycles. The molecule has 4 rings (SSSR count). The summed E-state index contributed by atoms with van der Waals surface area (Å²) in [5.74, 6) is 0.768. The molecule has 6 nitrogen and oxygen atoms in total. The van der Waals surface area contributed by atoms with Crippen LogP contribution in [0.1, 0.15) is 22.3 Å². The molecule has 0 bridgehead atoms. The molecule has 0 aliphatic carbocycles. The van der Waals surface area contributed by atoms with Gasteiger partial charge in [-0.05, 0) is 17.7 Å². The second-order valence-electron chi connectivity index (χ2n) is 6.64. The van der Waals surface area contributed by atoms with Crippen molar-refractivity contribution in [2.45, 2.75) is 18.1 Å². The van der Waals surface area contributed by atoms with E-state index >= 15 is 0 Å². The average molecular weight is 355 g/mol. The molecular weight excluding hydrogens is 334 g/mol. The number of piperidine rings is 1. The summed E-state index contributed by atoms with van der Waals surface area (Å²) in [5.41, 5.74) is -0.277. The summed E-state index contributed by atoms with van der Waals surface area (Å²) >= 11 is 0. The molecule has 0 radical (unpaired) electrons. The molecule has 1 amide bonds. The van der Waals surface area contributed by atoms with Crippen LogP contribution in [0.3, 0.4) is 0 Å². The number of fused-ring (bicyclic) bond motifs is 1. The van der Waals surface area contributed by atoms with Crippen molar-refractivity contribution < 1.29 is 24.5 Å². The van der Waals surface area contributed by atoms with E-state index in [4.69, 9.17) is 9.47 Å². The van der Waals surface area contributed by atoms with Crippen molar-refractivity contribution in [1.29, 1.82) is 0 Å². The number of aliphatic hydroxyl groups excluding tert-OH is 1. The lowest BCUT2D eigenvalue weighted by Crippen LogP contribution is -2.55. The molecule has 136 valence electrons. The molecule has 1 fully saturated rings. The first-order valence-electron chi connectivity index (χ1n) is 8.73. The molecule has 0 saturated carbocycles. The summed E-state index contributed by atoms with van der Waals surface area (Å²) < 4.78 is 11.1. The van der Waals surface area contributed by atoms with Gasteiger partial charge in [0.2, 0.25) is 0 Å². The molecule has 2 N–H and O–H groups in total. The van der Waals surface area contributed by atoms with E-state index in [-0.39, 0.29) is 18.9 Å². The largest absolute Gasteiger partial charge is 0.486 e. The molecule has 1 saturated heterocycles. The summed E-state index contributed by atoms with van der Waals surface area (Å²) in [6.07, 6.45) is -0.810. The number of ether oxygens (including phenoxy) is 2. The summed E-state index contributed by atoms with van der Waals surface area (Å²) in [6.45, 7) is 1.24. The first kappa shape index (κ1) is 16.9. The van der Waals surface area contributed by atoms with Gasteiger partial charge in [-0.25, -0.2) is 0 Å². The van der Waals surface area contributed by atoms with Crippen LogP contribution in [0.5, 0.6) is 11.5 Å². The molecule has 26 heavy (non-hydrogen) atoms. The lowest BCUT2D eigenvalue weighted by Gasteiger charge is -2.42. The Bertz CT molecular complexity index is 809. The van der Waals surface area contributed by atoms with Crippen molar-refractivity contribution in [2.24, 2.45) is 0 Å². The number of hydrogen-bond donors (Lipinski definition) is 2. The van der Waals surface area contributed by atoms with Crippen LogP contribution < -0.4 is 9.47 Å². The van der Waals surface area contributed by atoms with Gasteiger partial charge in [-0.2, -0.15) is 0 Å².